The first-order chi connectivity index (χ1) is 7.82. The fraction of sp³-hybridized carbons (Fsp3) is 0.769. The summed E-state index contributed by atoms with van der Waals surface area (Å²) in [4.78, 5) is 0. The number of hydrogen-bond donors (Lipinski definition) is 1. The van der Waals surface area contributed by atoms with Gasteiger partial charge in [0.25, 0.3) is 0 Å². The highest BCUT2D eigenvalue weighted by Crippen LogP contribution is 2.44. The van der Waals surface area contributed by atoms with E-state index in [1.165, 1.54) is 0 Å². The van der Waals surface area contributed by atoms with E-state index >= 15 is 0 Å². The first-order valence-electron chi connectivity index (χ1n) is 6.23. The number of halogens is 1. The molecule has 96 valence electrons. The Morgan fingerprint density at radius 3 is 2.53 bits per heavy atom. The number of aryl methyl sites for hydroxylation is 2. The maximum atomic E-state index is 10.4. The van der Waals surface area contributed by atoms with Gasteiger partial charge in [0.15, 0.2) is 0 Å². The highest BCUT2D eigenvalue weighted by molar-refractivity contribution is 6.31. The van der Waals surface area contributed by atoms with E-state index in [1.807, 2.05) is 14.0 Å². The van der Waals surface area contributed by atoms with Crippen molar-refractivity contribution in [3.8, 4) is 0 Å². The molecule has 0 atom stereocenters. The van der Waals surface area contributed by atoms with Crippen LogP contribution in [0.25, 0.3) is 0 Å². The minimum atomic E-state index is -0.571. The predicted octanol–water partition coefficient (Wildman–Crippen LogP) is 2.72. The molecule has 1 aliphatic carbocycles. The van der Waals surface area contributed by atoms with Crippen molar-refractivity contribution in [3.63, 3.8) is 0 Å². The molecular formula is C13H21ClN2O. The molecule has 0 spiro atoms. The van der Waals surface area contributed by atoms with Crippen molar-refractivity contribution in [1.29, 1.82) is 0 Å². The summed E-state index contributed by atoms with van der Waals surface area (Å²) in [6, 6.07) is 0. The smallest absolute Gasteiger partial charge is 0.0848 e. The van der Waals surface area contributed by atoms with E-state index in [-0.39, 0.29) is 0 Å². The van der Waals surface area contributed by atoms with Crippen LogP contribution in [0.4, 0.5) is 0 Å². The maximum Gasteiger partial charge on any atom is 0.0848 e. The number of nitrogens with zero attached hydrogens (tertiary/aromatic N) is 2. The molecule has 1 saturated carbocycles. The van der Waals surface area contributed by atoms with E-state index in [1.54, 1.807) is 4.68 Å². The monoisotopic (exact) mass is 256 g/mol. The third-order valence-corrected chi connectivity index (χ3v) is 4.48. The molecule has 1 aromatic heterocycles. The molecule has 1 fully saturated rings. The van der Waals surface area contributed by atoms with Gasteiger partial charge >= 0.3 is 0 Å². The van der Waals surface area contributed by atoms with Gasteiger partial charge < -0.3 is 5.11 Å². The van der Waals surface area contributed by atoms with Gasteiger partial charge in [-0.1, -0.05) is 25.4 Å². The highest BCUT2D eigenvalue weighted by atomic mass is 35.5. The van der Waals surface area contributed by atoms with Crippen LogP contribution in [0.5, 0.6) is 0 Å². The minimum Gasteiger partial charge on any atom is -0.389 e. The Morgan fingerprint density at radius 2 is 2.12 bits per heavy atom. The average molecular weight is 257 g/mol. The molecule has 0 bridgehead atoms. The molecule has 17 heavy (non-hydrogen) atoms. The number of aromatic nitrogens is 2. The lowest BCUT2D eigenvalue weighted by atomic mass is 9.64. The molecule has 0 unspecified atom stereocenters. The van der Waals surface area contributed by atoms with Gasteiger partial charge in [-0.3, -0.25) is 4.68 Å². The fourth-order valence-corrected chi connectivity index (χ4v) is 2.94. The molecule has 3 nitrogen and oxygen atoms in total. The largest absolute Gasteiger partial charge is 0.389 e. The van der Waals surface area contributed by atoms with Crippen molar-refractivity contribution >= 4 is 11.6 Å². The Kier molecular flexibility index (Phi) is 3.25. The Balaban J connectivity index is 2.07. The second-order valence-electron chi connectivity index (χ2n) is 5.78. The zero-order valence-corrected chi connectivity index (χ0v) is 11.8. The minimum absolute atomic E-state index is 0.571. The summed E-state index contributed by atoms with van der Waals surface area (Å²) >= 11 is 6.21. The van der Waals surface area contributed by atoms with Gasteiger partial charge in [0.2, 0.25) is 0 Å². The second kappa shape index (κ2) is 4.29. The summed E-state index contributed by atoms with van der Waals surface area (Å²) in [5.74, 6) is 1.30. The first-order valence-corrected chi connectivity index (χ1v) is 6.60. The standard InChI is InChI=1S/C13H21ClN2O/c1-8(2)10-5-13(17,6-10)7-11-12(14)9(3)15-16(11)4/h8,10,17H,5-7H2,1-4H3. The SMILES string of the molecule is Cc1nn(C)c(CC2(O)CC(C(C)C)C2)c1Cl. The topological polar surface area (TPSA) is 38.0 Å². The maximum absolute atomic E-state index is 10.4. The van der Waals surface area contributed by atoms with E-state index in [4.69, 9.17) is 11.6 Å². The van der Waals surface area contributed by atoms with Crippen molar-refractivity contribution in [2.24, 2.45) is 18.9 Å². The second-order valence-corrected chi connectivity index (χ2v) is 6.16. The molecule has 1 aromatic rings. The fourth-order valence-electron chi connectivity index (χ4n) is 2.72. The summed E-state index contributed by atoms with van der Waals surface area (Å²) in [5, 5.41) is 15.4. The molecule has 0 saturated heterocycles. The molecule has 1 aliphatic rings. The van der Waals surface area contributed by atoms with Crippen LogP contribution >= 0.6 is 11.6 Å². The van der Waals surface area contributed by atoms with Crippen molar-refractivity contribution in [2.45, 2.75) is 45.6 Å². The van der Waals surface area contributed by atoms with E-state index < -0.39 is 5.60 Å². The zero-order valence-electron chi connectivity index (χ0n) is 11.0. The number of rotatable bonds is 3. The summed E-state index contributed by atoms with van der Waals surface area (Å²) in [7, 11) is 1.89. The van der Waals surface area contributed by atoms with Crippen LogP contribution in [0.2, 0.25) is 5.02 Å². The Hall–Kier alpha value is -0.540. The van der Waals surface area contributed by atoms with Crippen molar-refractivity contribution < 1.29 is 5.11 Å². The lowest BCUT2D eigenvalue weighted by Gasteiger charge is -2.45. The lowest BCUT2D eigenvalue weighted by molar-refractivity contribution is -0.0870. The van der Waals surface area contributed by atoms with E-state index in [0.29, 0.717) is 23.3 Å². The van der Waals surface area contributed by atoms with Crippen molar-refractivity contribution in [2.75, 3.05) is 0 Å². The molecule has 2 rings (SSSR count). The van der Waals surface area contributed by atoms with E-state index in [9.17, 15) is 5.11 Å². The highest BCUT2D eigenvalue weighted by Gasteiger charge is 2.44. The predicted molar refractivity (Wildman–Crippen MR) is 69.2 cm³/mol. The molecule has 0 amide bonds. The molecule has 0 aliphatic heterocycles. The number of hydrogen-bond acceptors (Lipinski definition) is 2. The molecule has 1 N–H and O–H groups in total. The first kappa shape index (κ1) is 12.9. The normalized spacial score (nSPS) is 28.5. The molecule has 0 aromatic carbocycles. The van der Waals surface area contributed by atoms with Crippen LogP contribution in [-0.4, -0.2) is 20.5 Å². The van der Waals surface area contributed by atoms with Gasteiger partial charge in [-0.15, -0.1) is 0 Å². The quantitative estimate of drug-likeness (QED) is 0.903. The molecular weight excluding hydrogens is 236 g/mol. The van der Waals surface area contributed by atoms with Crippen LogP contribution in [0.3, 0.4) is 0 Å². The Morgan fingerprint density at radius 1 is 1.53 bits per heavy atom. The molecule has 1 heterocycles. The van der Waals surface area contributed by atoms with Gasteiger partial charge in [0.1, 0.15) is 0 Å². The zero-order chi connectivity index (χ0) is 12.8. The molecule has 0 radical (unpaired) electrons. The van der Waals surface area contributed by atoms with E-state index in [0.717, 1.165) is 24.2 Å². The Bertz CT molecular complexity index is 419. The van der Waals surface area contributed by atoms with Gasteiger partial charge in [-0.05, 0) is 31.6 Å². The Labute approximate surface area is 108 Å². The van der Waals surface area contributed by atoms with Crippen LogP contribution in [-0.2, 0) is 13.5 Å². The van der Waals surface area contributed by atoms with Crippen LogP contribution in [0, 0.1) is 18.8 Å². The van der Waals surface area contributed by atoms with Crippen LogP contribution in [0.1, 0.15) is 38.1 Å². The number of aliphatic hydroxyl groups is 1. The summed E-state index contributed by atoms with van der Waals surface area (Å²) in [6.07, 6.45) is 2.38. The van der Waals surface area contributed by atoms with Crippen LogP contribution in [0.15, 0.2) is 0 Å². The van der Waals surface area contributed by atoms with Gasteiger partial charge in [-0.2, -0.15) is 5.10 Å². The van der Waals surface area contributed by atoms with E-state index in [2.05, 4.69) is 18.9 Å². The lowest BCUT2D eigenvalue weighted by Crippen LogP contribution is -2.47. The van der Waals surface area contributed by atoms with Crippen molar-refractivity contribution in [3.05, 3.63) is 16.4 Å². The summed E-state index contributed by atoms with van der Waals surface area (Å²) in [6.45, 7) is 6.32. The van der Waals surface area contributed by atoms with Gasteiger partial charge in [0.05, 0.1) is 22.0 Å². The third kappa shape index (κ3) is 2.36. The van der Waals surface area contributed by atoms with Crippen molar-refractivity contribution in [1.82, 2.24) is 9.78 Å². The third-order valence-electron chi connectivity index (χ3n) is 3.99. The average Bonchev–Trinajstić information content (AvgIpc) is 2.41. The molecule has 4 heteroatoms. The van der Waals surface area contributed by atoms with Crippen LogP contribution < -0.4 is 0 Å². The summed E-state index contributed by atoms with van der Waals surface area (Å²) < 4.78 is 1.79. The summed E-state index contributed by atoms with van der Waals surface area (Å²) in [5.41, 5.74) is 1.22. The van der Waals surface area contributed by atoms with Gasteiger partial charge in [-0.25, -0.2) is 0 Å². The van der Waals surface area contributed by atoms with Gasteiger partial charge in [0, 0.05) is 13.5 Å².